The highest BCUT2D eigenvalue weighted by atomic mass is 32.1. The van der Waals surface area contributed by atoms with Gasteiger partial charge in [0.05, 0.1) is 18.2 Å². The molecule has 0 N–H and O–H groups in total. The van der Waals surface area contributed by atoms with Gasteiger partial charge >= 0.3 is 0 Å². The summed E-state index contributed by atoms with van der Waals surface area (Å²) in [6.45, 7) is 4.02. The molecular weight excluding hydrogens is 320 g/mol. The number of rotatable bonds is 4. The van der Waals surface area contributed by atoms with Gasteiger partial charge in [-0.05, 0) is 36.9 Å². The molecule has 4 heterocycles. The minimum Gasteiger partial charge on any atom is -0.371 e. The predicted octanol–water partition coefficient (Wildman–Crippen LogP) is 2.80. The van der Waals surface area contributed by atoms with Gasteiger partial charge in [0.2, 0.25) is 5.95 Å². The maximum Gasteiger partial charge on any atom is 0.225 e. The summed E-state index contributed by atoms with van der Waals surface area (Å²) in [6, 6.07) is 6.57. The van der Waals surface area contributed by atoms with Crippen LogP contribution in [0.3, 0.4) is 0 Å². The molecule has 0 saturated carbocycles. The Kier molecular flexibility index (Phi) is 4.52. The summed E-state index contributed by atoms with van der Waals surface area (Å²) < 4.78 is 6.35. The number of piperidine rings is 1. The van der Waals surface area contributed by atoms with Crippen molar-refractivity contribution in [1.29, 1.82) is 0 Å². The molecule has 5 nitrogen and oxygen atoms in total. The summed E-state index contributed by atoms with van der Waals surface area (Å²) in [5, 5.41) is 2.16. The van der Waals surface area contributed by atoms with Crippen molar-refractivity contribution in [2.24, 2.45) is 0 Å². The number of nitrogens with zero attached hydrogens (tertiary/aromatic N) is 4. The maximum absolute atomic E-state index is 6.35. The molecule has 4 rings (SSSR count). The van der Waals surface area contributed by atoms with Crippen LogP contribution in [0, 0.1) is 0 Å². The normalized spacial score (nSPS) is 27.6. The minimum atomic E-state index is 0.00319. The molecule has 6 heteroatoms. The Balaban J connectivity index is 1.41. The lowest BCUT2D eigenvalue weighted by Gasteiger charge is -2.39. The van der Waals surface area contributed by atoms with Crippen LogP contribution in [0.4, 0.5) is 5.95 Å². The Labute approximate surface area is 147 Å². The molecule has 2 fully saturated rings. The van der Waals surface area contributed by atoms with Crippen LogP contribution in [0.15, 0.2) is 36.0 Å². The predicted molar refractivity (Wildman–Crippen MR) is 96.4 cm³/mol. The van der Waals surface area contributed by atoms with Gasteiger partial charge in [-0.3, -0.25) is 4.90 Å². The Bertz CT molecular complexity index is 650. The monoisotopic (exact) mass is 344 g/mol. The zero-order chi connectivity index (χ0) is 16.4. The van der Waals surface area contributed by atoms with Crippen molar-refractivity contribution in [2.45, 2.75) is 37.5 Å². The van der Waals surface area contributed by atoms with Crippen LogP contribution in [0.2, 0.25) is 0 Å². The first-order chi connectivity index (χ1) is 11.7. The fourth-order valence-electron chi connectivity index (χ4n) is 3.94. The van der Waals surface area contributed by atoms with Crippen LogP contribution < -0.4 is 4.90 Å². The lowest BCUT2D eigenvalue weighted by molar-refractivity contribution is -0.0531. The van der Waals surface area contributed by atoms with E-state index in [4.69, 9.17) is 4.74 Å². The molecule has 2 aromatic heterocycles. The van der Waals surface area contributed by atoms with Crippen molar-refractivity contribution >= 4 is 17.3 Å². The van der Waals surface area contributed by atoms with E-state index in [1.807, 2.05) is 17.4 Å². The average Bonchev–Trinajstić information content (AvgIpc) is 3.26. The van der Waals surface area contributed by atoms with E-state index in [1.165, 1.54) is 17.8 Å². The number of anilines is 1. The van der Waals surface area contributed by atoms with Gasteiger partial charge in [0.25, 0.3) is 0 Å². The van der Waals surface area contributed by atoms with E-state index in [2.05, 4.69) is 44.3 Å². The van der Waals surface area contributed by atoms with Crippen LogP contribution in [0.1, 0.15) is 24.1 Å². The molecule has 0 radical (unpaired) electrons. The topological polar surface area (TPSA) is 41.5 Å². The molecule has 0 amide bonds. The van der Waals surface area contributed by atoms with Crippen molar-refractivity contribution in [3.05, 3.63) is 40.8 Å². The van der Waals surface area contributed by atoms with Crippen molar-refractivity contribution in [3.8, 4) is 0 Å². The number of aromatic nitrogens is 2. The highest BCUT2D eigenvalue weighted by Crippen LogP contribution is 2.37. The summed E-state index contributed by atoms with van der Waals surface area (Å²) in [7, 11) is 2.08. The zero-order valence-corrected chi connectivity index (χ0v) is 14.9. The molecule has 2 aliphatic rings. The lowest BCUT2D eigenvalue weighted by Crippen LogP contribution is -2.48. The first-order valence-electron chi connectivity index (χ1n) is 8.63. The van der Waals surface area contributed by atoms with Crippen molar-refractivity contribution in [1.82, 2.24) is 14.9 Å². The molecule has 0 aromatic carbocycles. The molecule has 24 heavy (non-hydrogen) atoms. The van der Waals surface area contributed by atoms with E-state index in [-0.39, 0.29) is 5.60 Å². The van der Waals surface area contributed by atoms with Crippen LogP contribution in [0.25, 0.3) is 0 Å². The first kappa shape index (κ1) is 16.0. The van der Waals surface area contributed by atoms with Crippen LogP contribution in [-0.2, 0) is 11.3 Å². The van der Waals surface area contributed by atoms with E-state index >= 15 is 0 Å². The number of ether oxygens (including phenoxy) is 1. The number of hydrogen-bond acceptors (Lipinski definition) is 6. The second kappa shape index (κ2) is 6.78. The minimum absolute atomic E-state index is 0.00319. The Hall–Kier alpha value is -1.50. The number of likely N-dealkylation sites (N-methyl/N-ethyl adjacent to an activating group) is 1. The molecule has 2 aliphatic heterocycles. The summed E-state index contributed by atoms with van der Waals surface area (Å²) in [6.07, 6.45) is 7.03. The van der Waals surface area contributed by atoms with E-state index in [0.717, 1.165) is 38.5 Å². The number of thiophene rings is 1. The zero-order valence-electron chi connectivity index (χ0n) is 14.1. The van der Waals surface area contributed by atoms with E-state index in [9.17, 15) is 0 Å². The van der Waals surface area contributed by atoms with Crippen LogP contribution in [0.5, 0.6) is 0 Å². The van der Waals surface area contributed by atoms with E-state index in [1.54, 1.807) is 12.4 Å². The van der Waals surface area contributed by atoms with Crippen molar-refractivity contribution < 1.29 is 4.74 Å². The van der Waals surface area contributed by atoms with Crippen molar-refractivity contribution in [3.63, 3.8) is 0 Å². The third-order valence-electron chi connectivity index (χ3n) is 5.18. The van der Waals surface area contributed by atoms with Crippen LogP contribution >= 0.6 is 11.3 Å². The third-order valence-corrected chi connectivity index (χ3v) is 6.04. The molecule has 2 unspecified atom stereocenters. The largest absolute Gasteiger partial charge is 0.371 e. The molecular formula is C18H24N4OS. The Morgan fingerprint density at radius 1 is 1.38 bits per heavy atom. The first-order valence-corrected chi connectivity index (χ1v) is 9.51. The van der Waals surface area contributed by atoms with Gasteiger partial charge in [0, 0.05) is 43.8 Å². The summed E-state index contributed by atoms with van der Waals surface area (Å²) in [5.74, 6) is 0.786. The molecule has 2 atom stereocenters. The molecule has 2 aromatic rings. The smallest absolute Gasteiger partial charge is 0.225 e. The van der Waals surface area contributed by atoms with Gasteiger partial charge in [-0.2, -0.15) is 0 Å². The van der Waals surface area contributed by atoms with Crippen molar-refractivity contribution in [2.75, 3.05) is 31.6 Å². The number of hydrogen-bond donors (Lipinski definition) is 0. The van der Waals surface area contributed by atoms with Crippen LogP contribution in [-0.4, -0.2) is 53.3 Å². The lowest BCUT2D eigenvalue weighted by atomic mass is 9.88. The van der Waals surface area contributed by atoms with Gasteiger partial charge < -0.3 is 9.64 Å². The fraction of sp³-hybridized carbons (Fsp3) is 0.556. The van der Waals surface area contributed by atoms with Gasteiger partial charge in [-0.1, -0.05) is 6.07 Å². The molecule has 0 aliphatic carbocycles. The SMILES string of the molecule is CN(c1ncccn1)C1COC2(CCCN(Cc3cccs3)C2)C1. The average molecular weight is 344 g/mol. The van der Waals surface area contributed by atoms with Gasteiger partial charge in [0.15, 0.2) is 0 Å². The van der Waals surface area contributed by atoms with E-state index in [0.29, 0.717) is 6.04 Å². The fourth-order valence-corrected chi connectivity index (χ4v) is 4.68. The Morgan fingerprint density at radius 3 is 3.04 bits per heavy atom. The molecule has 128 valence electrons. The molecule has 2 saturated heterocycles. The molecule has 0 bridgehead atoms. The van der Waals surface area contributed by atoms with Gasteiger partial charge in [-0.15, -0.1) is 11.3 Å². The second-order valence-electron chi connectivity index (χ2n) is 6.91. The highest BCUT2D eigenvalue weighted by Gasteiger charge is 2.44. The highest BCUT2D eigenvalue weighted by molar-refractivity contribution is 7.09. The summed E-state index contributed by atoms with van der Waals surface area (Å²) in [5.41, 5.74) is 0.00319. The summed E-state index contributed by atoms with van der Waals surface area (Å²) in [4.78, 5) is 14.9. The number of likely N-dealkylation sites (tertiary alicyclic amines) is 1. The molecule has 1 spiro atoms. The summed E-state index contributed by atoms with van der Waals surface area (Å²) >= 11 is 1.84. The Morgan fingerprint density at radius 2 is 2.25 bits per heavy atom. The quantitative estimate of drug-likeness (QED) is 0.853. The van der Waals surface area contributed by atoms with E-state index < -0.39 is 0 Å². The second-order valence-corrected chi connectivity index (χ2v) is 7.94. The third kappa shape index (κ3) is 3.31. The van der Waals surface area contributed by atoms with Gasteiger partial charge in [0.1, 0.15) is 0 Å². The maximum atomic E-state index is 6.35. The van der Waals surface area contributed by atoms with Gasteiger partial charge in [-0.25, -0.2) is 9.97 Å². The standard InChI is InChI=1S/C18H24N4OS/c1-21(17-19-7-4-8-20-17)15-11-18(23-13-15)6-3-9-22(14-18)12-16-5-2-10-24-16/h2,4-5,7-8,10,15H,3,6,9,11-14H2,1H3.